The average molecular weight is 404 g/mol. The third-order valence-corrected chi connectivity index (χ3v) is 4.53. The lowest BCUT2D eigenvalue weighted by atomic mass is 9.86. The molecule has 3 saturated heterocycles. The number of ether oxygens (including phenoxy) is 8. The molecule has 0 radical (unpaired) electrons. The molecule has 158 valence electrons. The van der Waals surface area contributed by atoms with Gasteiger partial charge in [0.05, 0.1) is 26.4 Å². The van der Waals surface area contributed by atoms with Crippen LogP contribution in [-0.2, 0) is 37.9 Å². The van der Waals surface area contributed by atoms with Gasteiger partial charge in [0, 0.05) is 5.41 Å². The van der Waals surface area contributed by atoms with Crippen LogP contribution in [-0.4, -0.2) is 83.0 Å². The van der Waals surface area contributed by atoms with Gasteiger partial charge >= 0.3 is 18.5 Å². The summed E-state index contributed by atoms with van der Waals surface area (Å²) in [6.07, 6.45) is -2.01. The largest absolute Gasteiger partial charge is 0.508 e. The highest BCUT2D eigenvalue weighted by atomic mass is 16.8. The van der Waals surface area contributed by atoms with Gasteiger partial charge in [0.25, 0.3) is 0 Å². The van der Waals surface area contributed by atoms with Gasteiger partial charge in [0.15, 0.2) is 12.2 Å². The molecule has 0 amide bonds. The first-order chi connectivity index (χ1) is 13.4. The van der Waals surface area contributed by atoms with E-state index in [2.05, 4.69) is 0 Å². The van der Waals surface area contributed by atoms with Gasteiger partial charge in [0.2, 0.25) is 0 Å². The van der Waals surface area contributed by atoms with Crippen LogP contribution in [0.3, 0.4) is 0 Å². The second-order valence-electron chi connectivity index (χ2n) is 7.28. The molecule has 0 saturated carbocycles. The fourth-order valence-corrected chi connectivity index (χ4v) is 2.97. The Morgan fingerprint density at radius 1 is 0.786 bits per heavy atom. The zero-order valence-corrected chi connectivity index (χ0v) is 15.6. The lowest BCUT2D eigenvalue weighted by molar-refractivity contribution is -0.0520. The second-order valence-corrected chi connectivity index (χ2v) is 7.28. The minimum atomic E-state index is -0.698. The monoisotopic (exact) mass is 404 g/mol. The highest BCUT2D eigenvalue weighted by Crippen LogP contribution is 2.28. The zero-order chi connectivity index (χ0) is 20.0. The fourth-order valence-electron chi connectivity index (χ4n) is 2.97. The minimum absolute atomic E-state index is 0.161. The molecule has 0 aromatic carbocycles. The van der Waals surface area contributed by atoms with Crippen molar-refractivity contribution in [3.05, 3.63) is 0 Å². The van der Waals surface area contributed by atoms with E-state index in [1.165, 1.54) is 0 Å². The van der Waals surface area contributed by atoms with E-state index in [4.69, 9.17) is 37.9 Å². The summed E-state index contributed by atoms with van der Waals surface area (Å²) in [6, 6.07) is 0. The number of carbonyl (C=O) groups excluding carboxylic acids is 3. The standard InChI is InChI=1S/C17H24O11/c1-17(3-2-11-6-23-14(18)26-11,9-21-4-12-7-24-15(19)27-12)10-22-5-13-8-25-16(20)28-13/h11-13H,2-10H2,1H3. The smallest absolute Gasteiger partial charge is 0.430 e. The number of carbonyl (C=O) groups is 3. The van der Waals surface area contributed by atoms with Gasteiger partial charge in [-0.15, -0.1) is 0 Å². The summed E-state index contributed by atoms with van der Waals surface area (Å²) in [6.45, 7) is 3.57. The SMILES string of the molecule is CC(CCC1COC(=O)O1)(COCC1COC(=O)O1)COCC1COC(=O)O1. The van der Waals surface area contributed by atoms with Gasteiger partial charge < -0.3 is 37.9 Å². The Labute approximate surface area is 161 Å². The maximum atomic E-state index is 11.1. The molecule has 0 aromatic rings. The van der Waals surface area contributed by atoms with E-state index < -0.39 is 36.1 Å². The van der Waals surface area contributed by atoms with Gasteiger partial charge in [0.1, 0.15) is 25.9 Å². The third kappa shape index (κ3) is 6.13. The molecule has 3 aliphatic heterocycles. The van der Waals surface area contributed by atoms with E-state index in [-0.39, 0.29) is 39.1 Å². The summed E-state index contributed by atoms with van der Waals surface area (Å²) in [5.74, 6) is 0. The molecule has 0 bridgehead atoms. The van der Waals surface area contributed by atoms with Crippen molar-refractivity contribution >= 4 is 18.5 Å². The Morgan fingerprint density at radius 3 is 1.61 bits per heavy atom. The molecule has 0 N–H and O–H groups in total. The molecule has 3 atom stereocenters. The van der Waals surface area contributed by atoms with Crippen LogP contribution in [0.4, 0.5) is 14.4 Å². The van der Waals surface area contributed by atoms with Crippen LogP contribution in [0.1, 0.15) is 19.8 Å². The molecule has 0 aromatic heterocycles. The molecule has 3 aliphatic rings. The van der Waals surface area contributed by atoms with E-state index in [1.807, 2.05) is 6.92 Å². The Kier molecular flexibility index (Phi) is 6.79. The molecular formula is C17H24O11. The highest BCUT2D eigenvalue weighted by molar-refractivity contribution is 5.62. The van der Waals surface area contributed by atoms with Crippen molar-refractivity contribution in [3.8, 4) is 0 Å². The average Bonchev–Trinajstić information content (AvgIpc) is 3.36. The summed E-state index contributed by atoms with van der Waals surface area (Å²) in [5.41, 5.74) is -0.415. The fraction of sp³-hybridized carbons (Fsp3) is 0.824. The predicted molar refractivity (Wildman–Crippen MR) is 87.6 cm³/mol. The quantitative estimate of drug-likeness (QED) is 0.366. The molecular weight excluding hydrogens is 380 g/mol. The van der Waals surface area contributed by atoms with Crippen LogP contribution < -0.4 is 0 Å². The van der Waals surface area contributed by atoms with Crippen molar-refractivity contribution in [3.63, 3.8) is 0 Å². The van der Waals surface area contributed by atoms with Crippen molar-refractivity contribution in [2.75, 3.05) is 46.2 Å². The van der Waals surface area contributed by atoms with E-state index in [0.29, 0.717) is 26.1 Å². The summed E-state index contributed by atoms with van der Waals surface area (Å²) >= 11 is 0. The Bertz CT molecular complexity index is 545. The number of rotatable bonds is 11. The molecule has 0 aliphatic carbocycles. The predicted octanol–water partition coefficient (Wildman–Crippen LogP) is 1.41. The molecule has 3 fully saturated rings. The van der Waals surface area contributed by atoms with E-state index in [9.17, 15) is 14.4 Å². The van der Waals surface area contributed by atoms with Crippen molar-refractivity contribution < 1.29 is 52.3 Å². The first kappa shape index (κ1) is 20.5. The van der Waals surface area contributed by atoms with Crippen LogP contribution in [0.2, 0.25) is 0 Å². The number of hydrogen-bond donors (Lipinski definition) is 0. The number of hydrogen-bond acceptors (Lipinski definition) is 11. The van der Waals surface area contributed by atoms with Crippen LogP contribution >= 0.6 is 0 Å². The zero-order valence-electron chi connectivity index (χ0n) is 15.6. The Hall–Kier alpha value is -2.27. The van der Waals surface area contributed by atoms with E-state index >= 15 is 0 Å². The topological polar surface area (TPSA) is 125 Å². The van der Waals surface area contributed by atoms with Crippen molar-refractivity contribution in [1.29, 1.82) is 0 Å². The van der Waals surface area contributed by atoms with Gasteiger partial charge in [-0.05, 0) is 12.8 Å². The Morgan fingerprint density at radius 2 is 1.21 bits per heavy atom. The Balaban J connectivity index is 1.44. The summed E-state index contributed by atoms with van der Waals surface area (Å²) in [4.78, 5) is 33.0. The number of cyclic esters (lactones) is 6. The summed E-state index contributed by atoms with van der Waals surface area (Å²) in [5, 5.41) is 0. The molecule has 28 heavy (non-hydrogen) atoms. The van der Waals surface area contributed by atoms with Crippen LogP contribution in [0.25, 0.3) is 0 Å². The molecule has 0 spiro atoms. The second kappa shape index (κ2) is 9.28. The van der Waals surface area contributed by atoms with Crippen molar-refractivity contribution in [2.45, 2.75) is 38.1 Å². The highest BCUT2D eigenvalue weighted by Gasteiger charge is 2.33. The first-order valence-electron chi connectivity index (χ1n) is 9.08. The maximum Gasteiger partial charge on any atom is 0.508 e. The van der Waals surface area contributed by atoms with Crippen LogP contribution in [0.5, 0.6) is 0 Å². The van der Waals surface area contributed by atoms with Gasteiger partial charge in [-0.1, -0.05) is 6.92 Å². The summed E-state index contributed by atoms with van der Waals surface area (Å²) in [7, 11) is 0. The molecule has 3 heterocycles. The summed E-state index contributed by atoms with van der Waals surface area (Å²) < 4.78 is 40.6. The van der Waals surface area contributed by atoms with Gasteiger partial charge in [-0.25, -0.2) is 14.4 Å². The van der Waals surface area contributed by atoms with Gasteiger partial charge in [-0.2, -0.15) is 0 Å². The molecule has 11 nitrogen and oxygen atoms in total. The first-order valence-corrected chi connectivity index (χ1v) is 9.08. The third-order valence-electron chi connectivity index (χ3n) is 4.53. The molecule has 3 rings (SSSR count). The lowest BCUT2D eigenvalue weighted by Crippen LogP contribution is -2.34. The van der Waals surface area contributed by atoms with Gasteiger partial charge in [-0.3, -0.25) is 0 Å². The minimum Gasteiger partial charge on any atom is -0.430 e. The molecule has 3 unspecified atom stereocenters. The van der Waals surface area contributed by atoms with Crippen molar-refractivity contribution in [2.24, 2.45) is 5.41 Å². The van der Waals surface area contributed by atoms with E-state index in [0.717, 1.165) is 0 Å². The molecule has 11 heteroatoms. The normalized spacial score (nSPS) is 28.6. The van der Waals surface area contributed by atoms with Crippen LogP contribution in [0.15, 0.2) is 0 Å². The van der Waals surface area contributed by atoms with Crippen LogP contribution in [0, 0.1) is 5.41 Å². The lowest BCUT2D eigenvalue weighted by Gasteiger charge is -2.30. The van der Waals surface area contributed by atoms with Crippen molar-refractivity contribution in [1.82, 2.24) is 0 Å². The van der Waals surface area contributed by atoms with E-state index in [1.54, 1.807) is 0 Å². The maximum absolute atomic E-state index is 11.1.